The molecule has 37 nitrogen and oxygen atoms in total. The van der Waals surface area contributed by atoms with Gasteiger partial charge in [0.2, 0.25) is 82.7 Å². The summed E-state index contributed by atoms with van der Waals surface area (Å²) in [6.45, 7) is 7.96. The Labute approximate surface area is 675 Å². The van der Waals surface area contributed by atoms with Gasteiger partial charge in [-0.15, -0.1) is 0 Å². The van der Waals surface area contributed by atoms with Crippen LogP contribution in [0.4, 0.5) is 0 Å². The predicted molar refractivity (Wildman–Crippen MR) is 428 cm³/mol. The lowest BCUT2D eigenvalue weighted by Gasteiger charge is -2.31. The minimum absolute atomic E-state index is 0.0127. The average Bonchev–Trinajstić information content (AvgIpc) is 1.71. The number of carbonyl (C=O) groups is 15. The van der Waals surface area contributed by atoms with Crippen LogP contribution in [0.15, 0.2) is 97.7 Å². The van der Waals surface area contributed by atoms with Gasteiger partial charge in [-0.25, -0.2) is 9.78 Å². The van der Waals surface area contributed by atoms with Crippen molar-refractivity contribution in [2.24, 2.45) is 34.8 Å². The first-order valence-corrected chi connectivity index (χ1v) is 39.5. The number of likely N-dealkylation sites (tertiary alicyclic amines) is 2. The van der Waals surface area contributed by atoms with Gasteiger partial charge in [-0.2, -0.15) is 0 Å². The van der Waals surface area contributed by atoms with E-state index in [9.17, 15) is 77.3 Å². The van der Waals surface area contributed by atoms with Crippen molar-refractivity contribution in [2.75, 3.05) is 26.2 Å². The van der Waals surface area contributed by atoms with E-state index in [0.717, 1.165) is 27.4 Å². The lowest BCUT2D eigenvalue weighted by molar-refractivity contribution is -0.143. The number of hydrogen-bond acceptors (Lipinski definition) is 19. The number of imidazole rings is 1. The summed E-state index contributed by atoms with van der Waals surface area (Å²) in [6, 6.07) is 4.36. The van der Waals surface area contributed by atoms with Crippen LogP contribution in [0.3, 0.4) is 0 Å². The zero-order valence-corrected chi connectivity index (χ0v) is 66.3. The molecule has 0 saturated carbocycles. The van der Waals surface area contributed by atoms with Crippen molar-refractivity contribution >= 4 is 110 Å². The number of carboxylic acids is 1. The van der Waals surface area contributed by atoms with Crippen molar-refractivity contribution in [2.45, 2.75) is 216 Å². The van der Waals surface area contributed by atoms with Crippen molar-refractivity contribution in [3.05, 3.63) is 120 Å². The van der Waals surface area contributed by atoms with E-state index in [4.69, 9.17) is 22.9 Å². The first-order valence-electron chi connectivity index (χ1n) is 39.5. The number of rotatable bonds is 45. The largest absolute Gasteiger partial charge is 0.508 e. The molecule has 0 bridgehead atoms. The SMILES string of the molecule is CC(C)C[C@H](NC(=O)[C@H](Cc1c[nH]c2ccccc12)NC(=O)[C@H](Cc1c[nH]cn1)NC(=O)[C@@H](N)Cc1c[nH]c2ccccc12)C(=O)N[C@@H](CCC(N)=O)C(=O)N[C@@H](CC(C)C)C(=O)N[C@@H](CCCCN)C(=O)N1CCC[C@H]1C(=O)NCC(=O)N[C@@H](CCC(N)=O)C(=O)N1CCC[C@H]1C(=O)N[C@H](C)C(=O)N[C@@H](Cc1ccc(O)cc1)C(=O)O. The molecule has 8 rings (SSSR count). The van der Waals surface area contributed by atoms with E-state index in [-0.39, 0.29) is 114 Å². The highest BCUT2D eigenvalue weighted by atomic mass is 16.4. The molecule has 2 aliphatic rings. The van der Waals surface area contributed by atoms with E-state index in [1.807, 2.05) is 42.5 Å². The van der Waals surface area contributed by atoms with E-state index in [2.05, 4.69) is 73.1 Å². The topological polar surface area (TPSA) is 588 Å². The van der Waals surface area contributed by atoms with E-state index in [0.29, 0.717) is 42.5 Å². The number of phenols is 1. The van der Waals surface area contributed by atoms with E-state index in [1.54, 1.807) is 52.4 Å². The molecule has 2 fully saturated rings. The van der Waals surface area contributed by atoms with Crippen LogP contribution in [-0.2, 0) is 97.6 Å². The van der Waals surface area contributed by atoms with Gasteiger partial charge in [0.15, 0.2) is 0 Å². The van der Waals surface area contributed by atoms with E-state index in [1.165, 1.54) is 47.3 Å². The van der Waals surface area contributed by atoms with Gasteiger partial charge in [0.1, 0.15) is 72.2 Å². The van der Waals surface area contributed by atoms with Gasteiger partial charge in [0.25, 0.3) is 0 Å². The smallest absolute Gasteiger partial charge is 0.326 e. The summed E-state index contributed by atoms with van der Waals surface area (Å²) in [7, 11) is 0. The molecule has 14 amide bonds. The summed E-state index contributed by atoms with van der Waals surface area (Å²) in [5.74, 6) is -13.4. The molecule has 37 heteroatoms. The molecule has 3 aromatic heterocycles. The van der Waals surface area contributed by atoms with Crippen molar-refractivity contribution < 1.29 is 82.1 Å². The molecule has 0 radical (unpaired) electrons. The summed E-state index contributed by atoms with van der Waals surface area (Å²) in [6.07, 6.45) is 6.11. The molecule has 0 aliphatic carbocycles. The van der Waals surface area contributed by atoms with Crippen LogP contribution in [0.2, 0.25) is 0 Å². The highest BCUT2D eigenvalue weighted by molar-refractivity contribution is 6.00. The van der Waals surface area contributed by atoms with Gasteiger partial charge in [-0.1, -0.05) is 76.2 Å². The Balaban J connectivity index is 0.920. The van der Waals surface area contributed by atoms with Crippen LogP contribution in [-0.4, -0.2) is 227 Å². The van der Waals surface area contributed by atoms with Crippen LogP contribution in [0.1, 0.15) is 140 Å². The Morgan fingerprint density at radius 1 is 0.504 bits per heavy atom. The van der Waals surface area contributed by atoms with Gasteiger partial charge >= 0.3 is 5.97 Å². The summed E-state index contributed by atoms with van der Waals surface area (Å²) in [4.78, 5) is 225. The standard InChI is InChI=1S/C80H110N20O17/c1-43(2)32-59(96-74(110)61(36-48-39-87-55-17-9-7-15-52(48)55)97-75(111)62(37-49-40-85-42-89-49)94-70(106)53(82)35-47-38-86-54-16-8-6-14-51(47)54)72(108)92-56(25-27-66(83)102)71(107)95-60(33-44(3)4)73(109)93-57(18-10-11-29-81)78(114)99-30-12-19-64(99)76(112)88-41-68(104)91-58(26-28-67(84)103)79(115)100-31-13-20-65(100)77(113)90-45(5)69(105)98-63(80(116)117)34-46-21-23-50(101)24-22-46/h6-9,14-17,21-24,38-40,42-45,53,56-65,86-87,101H,10-13,18-20,25-37,41,81-82H2,1-5H3,(H2,83,102)(H2,84,103)(H,85,89)(H,88,112)(H,90,113)(H,91,104)(H,92,108)(H,93,109)(H,94,106)(H,95,107)(H,96,110)(H,97,111)(H,98,105)(H,116,117)/t45-,53+,56+,57+,58+,59+,60+,61+,62+,63+,64+,65+/m1/s1. The molecule has 12 atom stereocenters. The van der Waals surface area contributed by atoms with Crippen LogP contribution in [0, 0.1) is 11.8 Å². The second-order valence-electron chi connectivity index (χ2n) is 30.6. The average molecular weight is 1620 g/mol. The number of aromatic amines is 3. The number of amides is 14. The molecule has 6 aromatic rings. The number of unbranched alkanes of at least 4 members (excludes halogenated alkanes) is 1. The minimum atomic E-state index is -1.58. The summed E-state index contributed by atoms with van der Waals surface area (Å²) in [5, 5.41) is 47.6. The Hall–Kier alpha value is -12.3. The maximum absolute atomic E-state index is 15.0. The predicted octanol–water partition coefficient (Wildman–Crippen LogP) is -1.01. The van der Waals surface area contributed by atoms with Crippen molar-refractivity contribution in [1.82, 2.24) is 82.9 Å². The number of carboxylic acid groups (broad SMARTS) is 1. The van der Waals surface area contributed by atoms with Gasteiger partial charge in [-0.05, 0) is 143 Å². The number of nitrogens with one attached hydrogen (secondary N) is 13. The van der Waals surface area contributed by atoms with Gasteiger partial charge in [0.05, 0.1) is 24.6 Å². The molecular weight excluding hydrogens is 1510 g/mol. The zero-order valence-electron chi connectivity index (χ0n) is 66.3. The molecular formula is C80H110N20O17. The number of aromatic nitrogens is 4. The quantitative estimate of drug-likeness (QED) is 0.0204. The summed E-state index contributed by atoms with van der Waals surface area (Å²) < 4.78 is 0. The third-order valence-corrected chi connectivity index (χ3v) is 20.5. The second-order valence-corrected chi connectivity index (χ2v) is 30.6. The number of carbonyl (C=O) groups excluding carboxylic acids is 14. The molecule has 117 heavy (non-hydrogen) atoms. The first kappa shape index (κ1) is 90.3. The Morgan fingerprint density at radius 3 is 1.50 bits per heavy atom. The Kier molecular flexibility index (Phi) is 33.5. The number of H-pyrrole nitrogens is 3. The number of aromatic hydroxyl groups is 1. The van der Waals surface area contributed by atoms with Crippen LogP contribution in [0.5, 0.6) is 5.75 Å². The summed E-state index contributed by atoms with van der Waals surface area (Å²) in [5.41, 5.74) is 27.3. The first-order chi connectivity index (χ1) is 55.8. The van der Waals surface area contributed by atoms with Crippen LogP contribution in [0.25, 0.3) is 21.8 Å². The zero-order chi connectivity index (χ0) is 85.2. The summed E-state index contributed by atoms with van der Waals surface area (Å²) >= 11 is 0. The number of nitrogens with zero attached hydrogens (tertiary/aromatic N) is 3. The Bertz CT molecular complexity index is 4490. The van der Waals surface area contributed by atoms with Gasteiger partial charge in [-0.3, -0.25) is 67.1 Å². The maximum Gasteiger partial charge on any atom is 0.326 e. The second kappa shape index (κ2) is 43.4. The molecule has 23 N–H and O–H groups in total. The van der Waals surface area contributed by atoms with Gasteiger partial charge < -0.3 is 111 Å². The number of para-hydroxylation sites is 2. The lowest BCUT2D eigenvalue weighted by atomic mass is 9.99. The fraction of sp³-hybridized carbons (Fsp3) is 0.500. The molecule has 632 valence electrons. The number of aliphatic carboxylic acids is 1. The molecule has 3 aromatic carbocycles. The molecule has 0 spiro atoms. The van der Waals surface area contributed by atoms with Crippen LogP contribution < -0.4 is 76.1 Å². The molecule has 2 saturated heterocycles. The van der Waals surface area contributed by atoms with Crippen molar-refractivity contribution in [3.63, 3.8) is 0 Å². The number of benzene rings is 3. The minimum Gasteiger partial charge on any atom is -0.508 e. The lowest BCUT2D eigenvalue weighted by Crippen LogP contribution is -2.61. The number of primary amides is 2. The number of nitrogens with two attached hydrogens (primary N) is 4. The van der Waals surface area contributed by atoms with Gasteiger partial charge in [0, 0.05) is 85.6 Å². The van der Waals surface area contributed by atoms with E-state index < -0.39 is 174 Å². The highest BCUT2D eigenvalue weighted by Crippen LogP contribution is 2.25. The third-order valence-electron chi connectivity index (χ3n) is 20.5. The number of fused-ring (bicyclic) bond motifs is 2. The Morgan fingerprint density at radius 2 is 0.974 bits per heavy atom. The molecule has 2 aliphatic heterocycles. The fourth-order valence-corrected chi connectivity index (χ4v) is 14.4. The molecule has 5 heterocycles. The fourth-order valence-electron chi connectivity index (χ4n) is 14.4. The third kappa shape index (κ3) is 26.6. The number of phenolic OH excluding ortho intramolecular Hbond substituents is 1. The normalized spacial score (nSPS) is 16.6. The van der Waals surface area contributed by atoms with Crippen LogP contribution >= 0.6 is 0 Å². The van der Waals surface area contributed by atoms with Crippen molar-refractivity contribution in [1.29, 1.82) is 0 Å². The van der Waals surface area contributed by atoms with E-state index >= 15 is 4.79 Å². The molecule has 0 unspecified atom stereocenters. The monoisotopic (exact) mass is 1620 g/mol. The maximum atomic E-state index is 15.0. The van der Waals surface area contributed by atoms with Crippen molar-refractivity contribution in [3.8, 4) is 5.75 Å². The number of hydrogen-bond donors (Lipinski definition) is 19. The highest BCUT2D eigenvalue weighted by Gasteiger charge is 2.42.